The molecule has 0 atom stereocenters. The average Bonchev–Trinajstić information content (AvgIpc) is 3.33. The maximum atomic E-state index is 12.8. The van der Waals surface area contributed by atoms with Crippen molar-refractivity contribution in [3.63, 3.8) is 0 Å². The Hall–Kier alpha value is -3.45. The molecule has 0 saturated heterocycles. The number of thiazole rings is 1. The van der Waals surface area contributed by atoms with Crippen LogP contribution < -0.4 is 14.8 Å². The predicted octanol–water partition coefficient (Wildman–Crippen LogP) is 4.57. The van der Waals surface area contributed by atoms with Gasteiger partial charge in [-0.2, -0.15) is 0 Å². The fraction of sp³-hybridized carbons (Fsp3) is 0.136. The molecule has 4 aromatic rings. The number of pyridine rings is 1. The number of carbonyl (C=O) groups excluding carboxylic acids is 1. The van der Waals surface area contributed by atoms with Gasteiger partial charge >= 0.3 is 0 Å². The van der Waals surface area contributed by atoms with E-state index in [9.17, 15) is 4.79 Å². The molecule has 1 aliphatic heterocycles. The Balaban J connectivity index is 1.37. The minimum atomic E-state index is -0.188. The molecule has 0 unspecified atom stereocenters. The molecule has 2 aromatic carbocycles. The number of rotatable bonds is 4. The highest BCUT2D eigenvalue weighted by Gasteiger charge is 2.17. The van der Waals surface area contributed by atoms with Gasteiger partial charge in [-0.05, 0) is 42.8 Å². The number of nitrogens with zero attached hydrogens (tertiary/aromatic N) is 2. The minimum Gasteiger partial charge on any atom is -0.454 e. The van der Waals surface area contributed by atoms with Crippen LogP contribution >= 0.6 is 11.3 Å². The maximum Gasteiger partial charge on any atom is 0.258 e. The molecule has 0 aliphatic carbocycles. The Labute approximate surface area is 171 Å². The molecule has 0 spiro atoms. The van der Waals surface area contributed by atoms with Gasteiger partial charge in [0.15, 0.2) is 16.6 Å². The van der Waals surface area contributed by atoms with Crippen LogP contribution in [0.15, 0.2) is 54.7 Å². The number of benzene rings is 2. The van der Waals surface area contributed by atoms with Gasteiger partial charge in [0.1, 0.15) is 0 Å². The lowest BCUT2D eigenvalue weighted by atomic mass is 10.1. The van der Waals surface area contributed by atoms with Crippen LogP contribution in [0.3, 0.4) is 0 Å². The largest absolute Gasteiger partial charge is 0.454 e. The van der Waals surface area contributed by atoms with E-state index in [4.69, 9.17) is 9.47 Å². The van der Waals surface area contributed by atoms with Crippen molar-refractivity contribution < 1.29 is 14.3 Å². The molecule has 144 valence electrons. The number of aryl methyl sites for hydroxylation is 1. The highest BCUT2D eigenvalue weighted by Crippen LogP contribution is 2.34. The molecule has 0 bridgehead atoms. The fourth-order valence-corrected chi connectivity index (χ4v) is 4.34. The summed E-state index contributed by atoms with van der Waals surface area (Å²) in [5.74, 6) is 1.35. The summed E-state index contributed by atoms with van der Waals surface area (Å²) in [6, 6.07) is 15.2. The molecule has 0 saturated carbocycles. The van der Waals surface area contributed by atoms with Crippen LogP contribution in [-0.2, 0) is 6.42 Å². The number of hydrogen-bond acceptors (Lipinski definition) is 6. The van der Waals surface area contributed by atoms with Gasteiger partial charge in [-0.15, -0.1) is 11.3 Å². The highest BCUT2D eigenvalue weighted by molar-refractivity contribution is 7.15. The zero-order chi connectivity index (χ0) is 19.8. The van der Waals surface area contributed by atoms with Crippen LogP contribution in [0.2, 0.25) is 0 Å². The van der Waals surface area contributed by atoms with E-state index in [0.717, 1.165) is 38.5 Å². The highest BCUT2D eigenvalue weighted by atomic mass is 32.1. The number of carbonyl (C=O) groups is 1. The van der Waals surface area contributed by atoms with Gasteiger partial charge < -0.3 is 9.47 Å². The monoisotopic (exact) mass is 403 g/mol. The van der Waals surface area contributed by atoms with Crippen LogP contribution in [0.4, 0.5) is 5.13 Å². The summed E-state index contributed by atoms with van der Waals surface area (Å²) in [5, 5.41) is 4.34. The van der Waals surface area contributed by atoms with E-state index >= 15 is 0 Å². The SMILES string of the molecule is Cc1nc(NC(=O)c2cccc3ncccc23)sc1Cc1ccc2c(c1)OCO2. The standard InChI is InChI=1S/C22H17N3O3S/c1-13-20(11-14-7-8-18-19(10-14)28-12-27-18)29-22(24-13)25-21(26)16-4-2-6-17-15(16)5-3-9-23-17/h2-10H,11-12H2,1H3,(H,24,25,26). The Morgan fingerprint density at radius 1 is 1.14 bits per heavy atom. The number of amides is 1. The molecule has 1 amide bonds. The quantitative estimate of drug-likeness (QED) is 0.540. The summed E-state index contributed by atoms with van der Waals surface area (Å²) in [7, 11) is 0. The minimum absolute atomic E-state index is 0.188. The van der Waals surface area contributed by atoms with Crippen LogP contribution in [0.25, 0.3) is 10.9 Å². The molecular weight excluding hydrogens is 386 g/mol. The van der Waals surface area contributed by atoms with Gasteiger partial charge in [0, 0.05) is 28.4 Å². The van der Waals surface area contributed by atoms with Crippen molar-refractivity contribution in [2.75, 3.05) is 12.1 Å². The van der Waals surface area contributed by atoms with E-state index in [1.165, 1.54) is 11.3 Å². The third kappa shape index (κ3) is 3.40. The van der Waals surface area contributed by atoms with Crippen molar-refractivity contribution >= 4 is 33.3 Å². The lowest BCUT2D eigenvalue weighted by Gasteiger charge is -2.05. The Kier molecular flexibility index (Phi) is 4.37. The van der Waals surface area contributed by atoms with Crippen molar-refractivity contribution in [1.29, 1.82) is 0 Å². The number of nitrogens with one attached hydrogen (secondary N) is 1. The van der Waals surface area contributed by atoms with Gasteiger partial charge in [-0.25, -0.2) is 4.98 Å². The molecule has 29 heavy (non-hydrogen) atoms. The topological polar surface area (TPSA) is 73.3 Å². The second kappa shape index (κ2) is 7.18. The van der Waals surface area contributed by atoms with Crippen LogP contribution in [0, 0.1) is 6.92 Å². The molecule has 1 N–H and O–H groups in total. The number of fused-ring (bicyclic) bond motifs is 2. The van der Waals surface area contributed by atoms with Crippen molar-refractivity contribution in [3.05, 3.63) is 76.4 Å². The van der Waals surface area contributed by atoms with Crippen LogP contribution in [0.5, 0.6) is 11.5 Å². The van der Waals surface area contributed by atoms with E-state index in [-0.39, 0.29) is 12.7 Å². The molecule has 0 fully saturated rings. The Bertz CT molecular complexity index is 1230. The van der Waals surface area contributed by atoms with Crippen LogP contribution in [0.1, 0.15) is 26.5 Å². The molecule has 7 heteroatoms. The first-order chi connectivity index (χ1) is 14.2. The van der Waals surface area contributed by atoms with E-state index < -0.39 is 0 Å². The molecule has 1 aliphatic rings. The average molecular weight is 403 g/mol. The first-order valence-corrected chi connectivity index (χ1v) is 9.99. The van der Waals surface area contributed by atoms with Crippen molar-refractivity contribution in [2.24, 2.45) is 0 Å². The lowest BCUT2D eigenvalue weighted by molar-refractivity contribution is 0.102. The van der Waals surface area contributed by atoms with Gasteiger partial charge in [0.2, 0.25) is 6.79 Å². The smallest absolute Gasteiger partial charge is 0.258 e. The van der Waals surface area contributed by atoms with Crippen molar-refractivity contribution in [2.45, 2.75) is 13.3 Å². The van der Waals surface area contributed by atoms with Gasteiger partial charge in [0.05, 0.1) is 11.2 Å². The Morgan fingerprint density at radius 2 is 2.03 bits per heavy atom. The first-order valence-electron chi connectivity index (χ1n) is 9.17. The molecule has 3 heterocycles. The molecular formula is C22H17N3O3S. The van der Waals surface area contributed by atoms with E-state index in [2.05, 4.69) is 15.3 Å². The van der Waals surface area contributed by atoms with Gasteiger partial charge in [0.25, 0.3) is 5.91 Å². The van der Waals surface area contributed by atoms with Crippen molar-refractivity contribution in [3.8, 4) is 11.5 Å². The maximum absolute atomic E-state index is 12.8. The molecule has 6 nitrogen and oxygen atoms in total. The van der Waals surface area contributed by atoms with Crippen molar-refractivity contribution in [1.82, 2.24) is 9.97 Å². The third-order valence-electron chi connectivity index (χ3n) is 4.81. The third-order valence-corrected chi connectivity index (χ3v) is 5.88. The summed E-state index contributed by atoms with van der Waals surface area (Å²) in [4.78, 5) is 22.8. The second-order valence-electron chi connectivity index (χ2n) is 6.72. The normalized spacial score (nSPS) is 12.3. The summed E-state index contributed by atoms with van der Waals surface area (Å²) < 4.78 is 10.8. The zero-order valence-corrected chi connectivity index (χ0v) is 16.5. The summed E-state index contributed by atoms with van der Waals surface area (Å²) in [6.07, 6.45) is 2.44. The molecule has 0 radical (unpaired) electrons. The van der Waals surface area contributed by atoms with E-state index in [0.29, 0.717) is 17.1 Å². The van der Waals surface area contributed by atoms with E-state index in [1.54, 1.807) is 12.3 Å². The predicted molar refractivity (Wildman–Crippen MR) is 112 cm³/mol. The fourth-order valence-electron chi connectivity index (χ4n) is 3.35. The Morgan fingerprint density at radius 3 is 2.97 bits per heavy atom. The number of aromatic nitrogens is 2. The van der Waals surface area contributed by atoms with Gasteiger partial charge in [-0.3, -0.25) is 15.1 Å². The summed E-state index contributed by atoms with van der Waals surface area (Å²) >= 11 is 1.49. The number of anilines is 1. The lowest BCUT2D eigenvalue weighted by Crippen LogP contribution is -2.12. The zero-order valence-electron chi connectivity index (χ0n) is 15.6. The number of ether oxygens (including phenoxy) is 2. The number of hydrogen-bond donors (Lipinski definition) is 1. The molecule has 2 aromatic heterocycles. The summed E-state index contributed by atoms with van der Waals surface area (Å²) in [6.45, 7) is 2.22. The molecule has 5 rings (SSSR count). The van der Waals surface area contributed by atoms with Crippen LogP contribution in [-0.4, -0.2) is 22.7 Å². The van der Waals surface area contributed by atoms with E-state index in [1.807, 2.05) is 49.4 Å². The van der Waals surface area contributed by atoms with Gasteiger partial charge in [-0.1, -0.05) is 18.2 Å². The second-order valence-corrected chi connectivity index (χ2v) is 7.81. The summed E-state index contributed by atoms with van der Waals surface area (Å²) in [5.41, 5.74) is 3.39. The first kappa shape index (κ1) is 17.6.